The van der Waals surface area contributed by atoms with Gasteiger partial charge < -0.3 is 4.43 Å². The minimum Gasteiger partial charge on any atom is -0.420 e. The summed E-state index contributed by atoms with van der Waals surface area (Å²) < 4.78 is 5.63. The zero-order valence-electron chi connectivity index (χ0n) is 10.5. The van der Waals surface area contributed by atoms with Crippen molar-refractivity contribution in [1.82, 2.24) is 0 Å². The van der Waals surface area contributed by atoms with Crippen LogP contribution in [-0.2, 0) is 9.84 Å². The monoisotopic (exact) mass is 222 g/mol. The highest BCUT2D eigenvalue weighted by Gasteiger charge is 2.32. The molecule has 0 aliphatic heterocycles. The van der Waals surface area contributed by atoms with E-state index in [4.69, 9.17) is 4.43 Å². The van der Waals surface area contributed by atoms with Crippen molar-refractivity contribution in [1.29, 1.82) is 0 Å². The van der Waals surface area contributed by atoms with Crippen LogP contribution in [0.15, 0.2) is 30.3 Å². The first-order valence-electron chi connectivity index (χ1n) is 5.48. The summed E-state index contributed by atoms with van der Waals surface area (Å²) in [6.07, 6.45) is 0. The lowest BCUT2D eigenvalue weighted by molar-refractivity contribution is 0.388. The smallest absolute Gasteiger partial charge is 0.187 e. The van der Waals surface area contributed by atoms with E-state index < -0.39 is 8.32 Å². The Hall–Kier alpha value is -0.603. The lowest BCUT2D eigenvalue weighted by Gasteiger charge is -2.32. The SMILES string of the molecule is CO[Si](C)(C)CC(C)(C)c1ccccc1. The highest BCUT2D eigenvalue weighted by atomic mass is 28.4. The summed E-state index contributed by atoms with van der Waals surface area (Å²) in [6.45, 7) is 9.15. The van der Waals surface area contributed by atoms with Gasteiger partial charge in [0.1, 0.15) is 0 Å². The fourth-order valence-electron chi connectivity index (χ4n) is 2.13. The van der Waals surface area contributed by atoms with Gasteiger partial charge in [-0.1, -0.05) is 44.2 Å². The number of benzene rings is 1. The largest absolute Gasteiger partial charge is 0.420 e. The summed E-state index contributed by atoms with van der Waals surface area (Å²) in [4.78, 5) is 0. The van der Waals surface area contributed by atoms with Crippen LogP contribution in [0.4, 0.5) is 0 Å². The van der Waals surface area contributed by atoms with Gasteiger partial charge in [-0.25, -0.2) is 0 Å². The Kier molecular flexibility index (Phi) is 3.74. The molecular formula is C13H22OSi. The summed E-state index contributed by atoms with van der Waals surface area (Å²) >= 11 is 0. The molecule has 15 heavy (non-hydrogen) atoms. The molecule has 1 aromatic carbocycles. The van der Waals surface area contributed by atoms with Gasteiger partial charge in [0, 0.05) is 7.11 Å². The Balaban J connectivity index is 2.85. The van der Waals surface area contributed by atoms with Crippen molar-refractivity contribution in [2.24, 2.45) is 0 Å². The second kappa shape index (κ2) is 4.50. The maximum atomic E-state index is 5.63. The van der Waals surface area contributed by atoms with Gasteiger partial charge in [-0.15, -0.1) is 0 Å². The zero-order valence-corrected chi connectivity index (χ0v) is 11.5. The summed E-state index contributed by atoms with van der Waals surface area (Å²) in [7, 11) is 0.345. The molecule has 0 saturated heterocycles. The molecule has 1 rings (SSSR count). The molecule has 0 fully saturated rings. The third-order valence-corrected chi connectivity index (χ3v) is 5.82. The second-order valence-corrected chi connectivity index (χ2v) is 9.67. The van der Waals surface area contributed by atoms with Crippen molar-refractivity contribution in [3.05, 3.63) is 35.9 Å². The topological polar surface area (TPSA) is 9.23 Å². The van der Waals surface area contributed by atoms with Crippen molar-refractivity contribution < 1.29 is 4.43 Å². The molecule has 0 heterocycles. The van der Waals surface area contributed by atoms with Crippen LogP contribution in [0.3, 0.4) is 0 Å². The number of hydrogen-bond donors (Lipinski definition) is 0. The first-order valence-corrected chi connectivity index (χ1v) is 8.60. The standard InChI is InChI=1S/C13H22OSi/c1-13(2,11-15(4,5)14-3)12-9-7-6-8-10-12/h6-10H,11H2,1-5H3. The van der Waals surface area contributed by atoms with E-state index in [0.717, 1.165) is 6.04 Å². The first-order chi connectivity index (χ1) is 6.87. The van der Waals surface area contributed by atoms with E-state index in [0.29, 0.717) is 0 Å². The van der Waals surface area contributed by atoms with Crippen molar-refractivity contribution in [2.45, 2.75) is 38.4 Å². The minimum atomic E-state index is -1.50. The molecule has 0 bridgehead atoms. The molecule has 1 nitrogen and oxygen atoms in total. The van der Waals surface area contributed by atoms with Gasteiger partial charge in [0.15, 0.2) is 8.32 Å². The number of rotatable bonds is 4. The molecule has 0 amide bonds. The normalized spacial score (nSPS) is 12.9. The van der Waals surface area contributed by atoms with Crippen molar-refractivity contribution in [3.63, 3.8) is 0 Å². The molecule has 0 N–H and O–H groups in total. The van der Waals surface area contributed by atoms with Crippen molar-refractivity contribution >= 4 is 8.32 Å². The minimum absolute atomic E-state index is 0.215. The van der Waals surface area contributed by atoms with Gasteiger partial charge in [-0.3, -0.25) is 0 Å². The maximum Gasteiger partial charge on any atom is 0.187 e. The molecular weight excluding hydrogens is 200 g/mol. The summed E-state index contributed by atoms with van der Waals surface area (Å²) in [5, 5.41) is 0. The molecule has 0 unspecified atom stereocenters. The quantitative estimate of drug-likeness (QED) is 0.704. The Bertz CT molecular complexity index is 304. The summed E-state index contributed by atoms with van der Waals surface area (Å²) in [6, 6.07) is 11.9. The molecule has 2 heteroatoms. The lowest BCUT2D eigenvalue weighted by atomic mass is 9.87. The zero-order chi connectivity index (χ0) is 11.5. The first kappa shape index (κ1) is 12.5. The average molecular weight is 222 g/mol. The highest BCUT2D eigenvalue weighted by Crippen LogP contribution is 2.32. The molecule has 0 radical (unpaired) electrons. The Morgan fingerprint density at radius 2 is 1.67 bits per heavy atom. The van der Waals surface area contributed by atoms with Crippen LogP contribution in [0.2, 0.25) is 19.1 Å². The molecule has 0 saturated carbocycles. The summed E-state index contributed by atoms with van der Waals surface area (Å²) in [5.74, 6) is 0. The van der Waals surface area contributed by atoms with Gasteiger partial charge in [-0.05, 0) is 30.1 Å². The van der Waals surface area contributed by atoms with Gasteiger partial charge in [-0.2, -0.15) is 0 Å². The predicted octanol–water partition coefficient (Wildman–Crippen LogP) is 3.82. The summed E-state index contributed by atoms with van der Waals surface area (Å²) in [5.41, 5.74) is 1.62. The van der Waals surface area contributed by atoms with Crippen LogP contribution in [0.5, 0.6) is 0 Å². The van der Waals surface area contributed by atoms with Gasteiger partial charge in [0.25, 0.3) is 0 Å². The fraction of sp³-hybridized carbons (Fsp3) is 0.538. The van der Waals surface area contributed by atoms with Crippen molar-refractivity contribution in [2.75, 3.05) is 7.11 Å². The third-order valence-electron chi connectivity index (χ3n) is 2.98. The lowest BCUT2D eigenvalue weighted by Crippen LogP contribution is -2.36. The predicted molar refractivity (Wildman–Crippen MR) is 68.8 cm³/mol. The fourth-order valence-corrected chi connectivity index (χ4v) is 4.60. The Labute approximate surface area is 94.6 Å². The Morgan fingerprint density at radius 3 is 2.13 bits per heavy atom. The third kappa shape index (κ3) is 3.47. The van der Waals surface area contributed by atoms with Crippen LogP contribution in [-0.4, -0.2) is 15.4 Å². The van der Waals surface area contributed by atoms with Crippen molar-refractivity contribution in [3.8, 4) is 0 Å². The van der Waals surface area contributed by atoms with Gasteiger partial charge >= 0.3 is 0 Å². The van der Waals surface area contributed by atoms with E-state index in [1.807, 2.05) is 7.11 Å². The van der Waals surface area contributed by atoms with E-state index in [-0.39, 0.29) is 5.41 Å². The van der Waals surface area contributed by atoms with E-state index >= 15 is 0 Å². The average Bonchev–Trinajstić information content (AvgIpc) is 2.18. The molecule has 0 aliphatic carbocycles. The van der Waals surface area contributed by atoms with Crippen LogP contribution >= 0.6 is 0 Å². The van der Waals surface area contributed by atoms with Gasteiger partial charge in [0.05, 0.1) is 0 Å². The van der Waals surface area contributed by atoms with E-state index in [2.05, 4.69) is 57.3 Å². The van der Waals surface area contributed by atoms with E-state index in [1.54, 1.807) is 0 Å². The molecule has 0 spiro atoms. The molecule has 0 atom stereocenters. The van der Waals surface area contributed by atoms with Gasteiger partial charge in [0.2, 0.25) is 0 Å². The highest BCUT2D eigenvalue weighted by molar-refractivity contribution is 6.71. The van der Waals surface area contributed by atoms with Crippen LogP contribution in [0.1, 0.15) is 19.4 Å². The second-order valence-electron chi connectivity index (χ2n) is 5.39. The Morgan fingerprint density at radius 1 is 1.13 bits per heavy atom. The van der Waals surface area contributed by atoms with Crippen LogP contribution in [0.25, 0.3) is 0 Å². The maximum absolute atomic E-state index is 5.63. The number of hydrogen-bond acceptors (Lipinski definition) is 1. The van der Waals surface area contributed by atoms with Crippen LogP contribution < -0.4 is 0 Å². The molecule has 0 aliphatic rings. The molecule has 1 aromatic rings. The molecule has 84 valence electrons. The van der Waals surface area contributed by atoms with E-state index in [1.165, 1.54) is 5.56 Å². The molecule has 0 aromatic heterocycles. The van der Waals surface area contributed by atoms with Crippen LogP contribution in [0, 0.1) is 0 Å². The van der Waals surface area contributed by atoms with E-state index in [9.17, 15) is 0 Å².